The Kier molecular flexibility index (Phi) is 2.41. The maximum atomic E-state index is 10.9. The standard InChI is InChI=1S/C18H17NO3/c1-19-7-6-10-8-13-18(22-9-21-13)15-11-4-2-3-5-12(11)17(20)16(19)14(10)15/h2-5,8,16-17,20H,6-7,9H2,1H3/t16-,17+/m0/s1. The molecule has 0 spiro atoms. The van der Waals surface area contributed by atoms with Crippen molar-refractivity contribution in [2.45, 2.75) is 18.6 Å². The Morgan fingerprint density at radius 2 is 2.09 bits per heavy atom. The SMILES string of the molecule is CN1CCc2cc3c(c4c2[C@H]1[C@H](O)c1ccccc1-4)OCO3. The Hall–Kier alpha value is -2.04. The van der Waals surface area contributed by atoms with Crippen LogP contribution in [-0.4, -0.2) is 30.4 Å². The van der Waals surface area contributed by atoms with E-state index in [0.717, 1.165) is 41.2 Å². The van der Waals surface area contributed by atoms with E-state index >= 15 is 0 Å². The highest BCUT2D eigenvalue weighted by atomic mass is 16.7. The summed E-state index contributed by atoms with van der Waals surface area (Å²) < 4.78 is 11.4. The summed E-state index contributed by atoms with van der Waals surface area (Å²) in [6, 6.07) is 10.2. The van der Waals surface area contributed by atoms with Crippen molar-refractivity contribution in [1.29, 1.82) is 0 Å². The lowest BCUT2D eigenvalue weighted by Gasteiger charge is -2.42. The van der Waals surface area contributed by atoms with Crippen LogP contribution in [0.2, 0.25) is 0 Å². The third-order valence-electron chi connectivity index (χ3n) is 5.14. The van der Waals surface area contributed by atoms with Crippen LogP contribution in [0.1, 0.15) is 28.8 Å². The number of ether oxygens (including phenoxy) is 2. The molecule has 4 heteroatoms. The van der Waals surface area contributed by atoms with Gasteiger partial charge in [0.2, 0.25) is 6.79 Å². The predicted octanol–water partition coefficient (Wildman–Crippen LogP) is 2.66. The lowest BCUT2D eigenvalue weighted by atomic mass is 9.75. The molecule has 2 aromatic carbocycles. The lowest BCUT2D eigenvalue weighted by molar-refractivity contribution is 0.0543. The van der Waals surface area contributed by atoms with Crippen molar-refractivity contribution in [3.05, 3.63) is 47.0 Å². The van der Waals surface area contributed by atoms with Crippen LogP contribution in [-0.2, 0) is 6.42 Å². The molecule has 4 nitrogen and oxygen atoms in total. The molecule has 5 rings (SSSR count). The van der Waals surface area contributed by atoms with E-state index in [9.17, 15) is 5.11 Å². The molecule has 0 bridgehead atoms. The van der Waals surface area contributed by atoms with Crippen LogP contribution in [0.4, 0.5) is 0 Å². The van der Waals surface area contributed by atoms with Crippen molar-refractivity contribution < 1.29 is 14.6 Å². The summed E-state index contributed by atoms with van der Waals surface area (Å²) in [5.74, 6) is 1.67. The minimum atomic E-state index is -0.506. The smallest absolute Gasteiger partial charge is 0.231 e. The van der Waals surface area contributed by atoms with Crippen molar-refractivity contribution in [2.75, 3.05) is 20.4 Å². The first-order chi connectivity index (χ1) is 10.8. The quantitative estimate of drug-likeness (QED) is 0.811. The lowest BCUT2D eigenvalue weighted by Crippen LogP contribution is -2.38. The molecule has 1 N–H and O–H groups in total. The zero-order valence-electron chi connectivity index (χ0n) is 12.4. The summed E-state index contributed by atoms with van der Waals surface area (Å²) in [5, 5.41) is 10.9. The maximum Gasteiger partial charge on any atom is 0.231 e. The molecule has 2 atom stereocenters. The van der Waals surface area contributed by atoms with Crippen LogP contribution in [0, 0.1) is 0 Å². The Morgan fingerprint density at radius 3 is 3.00 bits per heavy atom. The Balaban J connectivity index is 1.91. The third-order valence-corrected chi connectivity index (χ3v) is 5.14. The second-order valence-electron chi connectivity index (χ2n) is 6.27. The fourth-order valence-electron chi connectivity index (χ4n) is 4.13. The van der Waals surface area contributed by atoms with Gasteiger partial charge in [-0.2, -0.15) is 0 Å². The van der Waals surface area contributed by atoms with E-state index in [1.807, 2.05) is 18.2 Å². The van der Waals surface area contributed by atoms with Crippen molar-refractivity contribution >= 4 is 0 Å². The molecule has 0 fully saturated rings. The van der Waals surface area contributed by atoms with Gasteiger partial charge in [0.05, 0.1) is 12.1 Å². The van der Waals surface area contributed by atoms with Crippen molar-refractivity contribution in [1.82, 2.24) is 4.90 Å². The van der Waals surface area contributed by atoms with E-state index in [4.69, 9.17) is 9.47 Å². The van der Waals surface area contributed by atoms with Crippen LogP contribution >= 0.6 is 0 Å². The summed E-state index contributed by atoms with van der Waals surface area (Å²) in [6.07, 6.45) is 0.467. The van der Waals surface area contributed by atoms with E-state index in [-0.39, 0.29) is 12.8 Å². The molecule has 0 saturated carbocycles. The van der Waals surface area contributed by atoms with Gasteiger partial charge >= 0.3 is 0 Å². The molecule has 0 radical (unpaired) electrons. The first-order valence-corrected chi connectivity index (χ1v) is 7.68. The third kappa shape index (κ3) is 1.44. The van der Waals surface area contributed by atoms with Gasteiger partial charge in [-0.1, -0.05) is 24.3 Å². The molecule has 2 aromatic rings. The van der Waals surface area contributed by atoms with Gasteiger partial charge in [0, 0.05) is 12.1 Å². The highest BCUT2D eigenvalue weighted by Gasteiger charge is 2.42. The van der Waals surface area contributed by atoms with Crippen molar-refractivity contribution in [3.8, 4) is 22.6 Å². The Labute approximate surface area is 128 Å². The number of aliphatic hydroxyl groups is 1. The number of benzene rings is 2. The van der Waals surface area contributed by atoms with Crippen LogP contribution < -0.4 is 9.47 Å². The fraction of sp³-hybridized carbons (Fsp3) is 0.333. The average Bonchev–Trinajstić information content (AvgIpc) is 3.00. The number of aliphatic hydroxyl groups excluding tert-OH is 1. The largest absolute Gasteiger partial charge is 0.454 e. The molecule has 0 saturated heterocycles. The minimum absolute atomic E-state index is 0.0110. The van der Waals surface area contributed by atoms with Crippen LogP contribution in [0.15, 0.2) is 30.3 Å². The Bertz CT molecular complexity index is 786. The van der Waals surface area contributed by atoms with E-state index in [0.29, 0.717) is 0 Å². The molecule has 0 unspecified atom stereocenters. The number of fused-ring (bicyclic) bond motifs is 4. The second-order valence-corrected chi connectivity index (χ2v) is 6.27. The highest BCUT2D eigenvalue weighted by molar-refractivity contribution is 5.84. The topological polar surface area (TPSA) is 41.9 Å². The summed E-state index contributed by atoms with van der Waals surface area (Å²) in [7, 11) is 2.08. The number of likely N-dealkylation sites (N-methyl/N-ethyl adjacent to an activating group) is 1. The van der Waals surface area contributed by atoms with Gasteiger partial charge in [-0.15, -0.1) is 0 Å². The van der Waals surface area contributed by atoms with Gasteiger partial charge in [-0.05, 0) is 41.8 Å². The molecule has 3 aliphatic rings. The van der Waals surface area contributed by atoms with Gasteiger partial charge in [-0.3, -0.25) is 4.90 Å². The normalized spacial score (nSPS) is 24.8. The number of rotatable bonds is 0. The van der Waals surface area contributed by atoms with Gasteiger partial charge in [0.15, 0.2) is 11.5 Å². The van der Waals surface area contributed by atoms with Gasteiger partial charge in [0.1, 0.15) is 0 Å². The number of nitrogens with zero attached hydrogens (tertiary/aromatic N) is 1. The van der Waals surface area contributed by atoms with Crippen LogP contribution in [0.5, 0.6) is 11.5 Å². The first-order valence-electron chi connectivity index (χ1n) is 7.68. The molecule has 2 aliphatic heterocycles. The summed E-state index contributed by atoms with van der Waals surface area (Å²) in [4.78, 5) is 2.24. The molecule has 0 aromatic heterocycles. The molecule has 112 valence electrons. The molecule has 22 heavy (non-hydrogen) atoms. The van der Waals surface area contributed by atoms with E-state index in [1.54, 1.807) is 0 Å². The van der Waals surface area contributed by atoms with E-state index in [2.05, 4.69) is 24.1 Å². The number of hydrogen-bond acceptors (Lipinski definition) is 4. The first kappa shape index (κ1) is 12.5. The van der Waals surface area contributed by atoms with Gasteiger partial charge in [-0.25, -0.2) is 0 Å². The Morgan fingerprint density at radius 1 is 1.23 bits per heavy atom. The van der Waals surface area contributed by atoms with E-state index in [1.165, 1.54) is 11.1 Å². The maximum absolute atomic E-state index is 10.9. The molecule has 1 aliphatic carbocycles. The summed E-state index contributed by atoms with van der Waals surface area (Å²) >= 11 is 0. The average molecular weight is 295 g/mol. The minimum Gasteiger partial charge on any atom is -0.454 e. The zero-order valence-corrected chi connectivity index (χ0v) is 12.4. The van der Waals surface area contributed by atoms with Crippen molar-refractivity contribution in [2.24, 2.45) is 0 Å². The van der Waals surface area contributed by atoms with E-state index < -0.39 is 6.10 Å². The van der Waals surface area contributed by atoms with Gasteiger partial charge in [0.25, 0.3) is 0 Å². The molecular weight excluding hydrogens is 278 g/mol. The molecule has 0 amide bonds. The molecule has 2 heterocycles. The van der Waals surface area contributed by atoms with Crippen LogP contribution in [0.25, 0.3) is 11.1 Å². The monoisotopic (exact) mass is 295 g/mol. The van der Waals surface area contributed by atoms with Gasteiger partial charge < -0.3 is 14.6 Å². The fourth-order valence-corrected chi connectivity index (χ4v) is 4.13. The predicted molar refractivity (Wildman–Crippen MR) is 82.0 cm³/mol. The second kappa shape index (κ2) is 4.24. The number of hydrogen-bond donors (Lipinski definition) is 1. The highest BCUT2D eigenvalue weighted by Crippen LogP contribution is 2.56. The summed E-state index contributed by atoms with van der Waals surface area (Å²) in [5.41, 5.74) is 5.64. The molecular formula is C18H17NO3. The zero-order chi connectivity index (χ0) is 14.8. The van der Waals surface area contributed by atoms with Crippen molar-refractivity contribution in [3.63, 3.8) is 0 Å². The van der Waals surface area contributed by atoms with Crippen LogP contribution in [0.3, 0.4) is 0 Å². The summed E-state index contributed by atoms with van der Waals surface area (Å²) in [6.45, 7) is 1.21.